The number of nitrogens with zero attached hydrogens (tertiary/aromatic N) is 1. The minimum atomic E-state index is -0.273. The van der Waals surface area contributed by atoms with Gasteiger partial charge in [-0.15, -0.1) is 24.0 Å². The molecule has 0 aliphatic heterocycles. The van der Waals surface area contributed by atoms with Crippen molar-refractivity contribution in [2.45, 2.75) is 32.7 Å². The number of hydrogen-bond acceptors (Lipinski definition) is 4. The molecule has 0 saturated carbocycles. The highest BCUT2D eigenvalue weighted by atomic mass is 127. The number of guanidine groups is 1. The van der Waals surface area contributed by atoms with Crippen molar-refractivity contribution in [3.8, 4) is 17.2 Å². The molecule has 0 amide bonds. The van der Waals surface area contributed by atoms with Gasteiger partial charge in [0.1, 0.15) is 5.82 Å². The van der Waals surface area contributed by atoms with Crippen molar-refractivity contribution in [1.29, 1.82) is 0 Å². The van der Waals surface area contributed by atoms with Gasteiger partial charge >= 0.3 is 0 Å². The largest absolute Gasteiger partial charge is 0.493 e. The van der Waals surface area contributed by atoms with Crippen molar-refractivity contribution in [3.05, 3.63) is 53.3 Å². The van der Waals surface area contributed by atoms with Gasteiger partial charge in [0.25, 0.3) is 0 Å². The molecule has 8 heteroatoms. The van der Waals surface area contributed by atoms with Crippen LogP contribution in [0.5, 0.6) is 17.2 Å². The summed E-state index contributed by atoms with van der Waals surface area (Å²) in [7, 11) is 4.91. The second-order valence-corrected chi connectivity index (χ2v) is 7.44. The van der Waals surface area contributed by atoms with Gasteiger partial charge in [-0.05, 0) is 42.3 Å². The van der Waals surface area contributed by atoms with Gasteiger partial charge in [-0.2, -0.15) is 0 Å². The van der Waals surface area contributed by atoms with Crippen molar-refractivity contribution in [1.82, 2.24) is 10.6 Å². The maximum Gasteiger partial charge on any atom is 0.203 e. The Morgan fingerprint density at radius 1 is 1.06 bits per heavy atom. The van der Waals surface area contributed by atoms with E-state index >= 15 is 0 Å². The molecule has 0 saturated heterocycles. The molecule has 0 heterocycles. The fourth-order valence-corrected chi connectivity index (χ4v) is 3.05. The molecule has 2 aromatic rings. The quantitative estimate of drug-likeness (QED) is 0.276. The summed E-state index contributed by atoms with van der Waals surface area (Å²) in [5.74, 6) is 2.23. The first-order valence-corrected chi connectivity index (χ1v) is 9.92. The van der Waals surface area contributed by atoms with Crippen molar-refractivity contribution >= 4 is 29.9 Å². The molecular weight excluding hydrogens is 512 g/mol. The van der Waals surface area contributed by atoms with E-state index in [-0.39, 0.29) is 35.2 Å². The summed E-state index contributed by atoms with van der Waals surface area (Å²) in [5.41, 5.74) is 1.61. The molecule has 2 N–H and O–H groups in total. The van der Waals surface area contributed by atoms with E-state index in [1.807, 2.05) is 25.1 Å². The smallest absolute Gasteiger partial charge is 0.203 e. The molecule has 0 bridgehead atoms. The molecule has 172 valence electrons. The summed E-state index contributed by atoms with van der Waals surface area (Å²) in [6.45, 7) is 7.65. The Labute approximate surface area is 201 Å². The minimum Gasteiger partial charge on any atom is -0.493 e. The van der Waals surface area contributed by atoms with E-state index < -0.39 is 0 Å². The van der Waals surface area contributed by atoms with E-state index in [0.29, 0.717) is 42.9 Å². The van der Waals surface area contributed by atoms with Crippen LogP contribution in [0.4, 0.5) is 4.39 Å². The third kappa shape index (κ3) is 7.45. The number of methoxy groups -OCH3 is 2. The number of aliphatic imine (C=N–C) groups is 1. The molecule has 6 nitrogen and oxygen atoms in total. The first-order chi connectivity index (χ1) is 14.3. The highest BCUT2D eigenvalue weighted by Crippen LogP contribution is 2.38. The number of halogens is 2. The first-order valence-electron chi connectivity index (χ1n) is 9.92. The normalized spacial score (nSPS) is 11.4. The van der Waals surface area contributed by atoms with Gasteiger partial charge < -0.3 is 24.8 Å². The Kier molecular flexibility index (Phi) is 10.9. The third-order valence-corrected chi connectivity index (χ3v) is 4.80. The van der Waals surface area contributed by atoms with Gasteiger partial charge in [-0.25, -0.2) is 4.39 Å². The summed E-state index contributed by atoms with van der Waals surface area (Å²) < 4.78 is 30.1. The van der Waals surface area contributed by atoms with Crippen LogP contribution in [-0.4, -0.2) is 40.4 Å². The van der Waals surface area contributed by atoms with Crippen LogP contribution in [-0.2, 0) is 12.0 Å². The SMILES string of the molecule is CCOc1c(OC)cc(CNC(=NC)NCC(C)(C)c2cccc(F)c2)cc1OC.I. The van der Waals surface area contributed by atoms with Gasteiger partial charge in [-0.1, -0.05) is 26.0 Å². The van der Waals surface area contributed by atoms with Gasteiger partial charge in [-0.3, -0.25) is 4.99 Å². The fraction of sp³-hybridized carbons (Fsp3) is 0.435. The van der Waals surface area contributed by atoms with Gasteiger partial charge in [0, 0.05) is 25.6 Å². The molecule has 0 aromatic heterocycles. The number of rotatable bonds is 9. The number of ether oxygens (including phenoxy) is 3. The van der Waals surface area contributed by atoms with E-state index in [0.717, 1.165) is 11.1 Å². The zero-order chi connectivity index (χ0) is 22.1. The maximum atomic E-state index is 13.6. The minimum absolute atomic E-state index is 0. The molecule has 0 radical (unpaired) electrons. The van der Waals surface area contributed by atoms with Crippen molar-refractivity contribution in [3.63, 3.8) is 0 Å². The van der Waals surface area contributed by atoms with Gasteiger partial charge in [0.15, 0.2) is 17.5 Å². The van der Waals surface area contributed by atoms with E-state index in [2.05, 4.69) is 29.5 Å². The number of benzene rings is 2. The molecule has 2 aromatic carbocycles. The summed E-state index contributed by atoms with van der Waals surface area (Å²) in [4.78, 5) is 4.28. The van der Waals surface area contributed by atoms with Gasteiger partial charge in [0.2, 0.25) is 5.75 Å². The molecule has 31 heavy (non-hydrogen) atoms. The monoisotopic (exact) mass is 545 g/mol. The van der Waals surface area contributed by atoms with E-state index in [1.165, 1.54) is 6.07 Å². The predicted molar refractivity (Wildman–Crippen MR) is 134 cm³/mol. The second kappa shape index (κ2) is 12.6. The molecule has 0 aliphatic carbocycles. The lowest BCUT2D eigenvalue weighted by Gasteiger charge is -2.27. The van der Waals surface area contributed by atoms with Gasteiger partial charge in [0.05, 0.1) is 20.8 Å². The predicted octanol–water partition coefficient (Wildman–Crippen LogP) is 4.50. The highest BCUT2D eigenvalue weighted by molar-refractivity contribution is 14.0. The summed E-state index contributed by atoms with van der Waals surface area (Å²) >= 11 is 0. The molecular formula is C23H33FIN3O3. The molecule has 0 atom stereocenters. The standard InChI is InChI=1S/C23H32FN3O3.HI/c1-7-30-21-19(28-5)11-16(12-20(21)29-6)14-26-22(25-4)27-15-23(2,3)17-9-8-10-18(24)13-17;/h8-13H,7,14-15H2,1-6H3,(H2,25,26,27);1H. The molecule has 0 aliphatic rings. The Balaban J connectivity index is 0.00000480. The summed E-state index contributed by atoms with van der Waals surface area (Å²) in [5, 5.41) is 6.60. The summed E-state index contributed by atoms with van der Waals surface area (Å²) in [6.07, 6.45) is 0. The maximum absolute atomic E-state index is 13.6. The average Bonchev–Trinajstić information content (AvgIpc) is 2.74. The lowest BCUT2D eigenvalue weighted by Crippen LogP contribution is -2.43. The lowest BCUT2D eigenvalue weighted by molar-refractivity contribution is 0.288. The lowest BCUT2D eigenvalue weighted by atomic mass is 9.84. The summed E-state index contributed by atoms with van der Waals surface area (Å²) in [6, 6.07) is 10.5. The van der Waals surface area contributed by atoms with Crippen LogP contribution < -0.4 is 24.8 Å². The Morgan fingerprint density at radius 2 is 1.71 bits per heavy atom. The fourth-order valence-electron chi connectivity index (χ4n) is 3.05. The Bertz CT molecular complexity index is 850. The van der Waals surface area contributed by atoms with Crippen molar-refractivity contribution < 1.29 is 18.6 Å². The first kappa shape index (κ1) is 26.8. The van der Waals surface area contributed by atoms with Crippen molar-refractivity contribution in [2.75, 3.05) is 34.4 Å². The number of hydrogen-bond donors (Lipinski definition) is 2. The second-order valence-electron chi connectivity index (χ2n) is 7.44. The highest BCUT2D eigenvalue weighted by Gasteiger charge is 2.21. The zero-order valence-electron chi connectivity index (χ0n) is 19.0. The van der Waals surface area contributed by atoms with Crippen LogP contribution in [0.3, 0.4) is 0 Å². The average molecular weight is 545 g/mol. The third-order valence-electron chi connectivity index (χ3n) is 4.80. The zero-order valence-corrected chi connectivity index (χ0v) is 21.4. The van der Waals surface area contributed by atoms with Crippen LogP contribution in [0.15, 0.2) is 41.4 Å². The topological polar surface area (TPSA) is 64.1 Å². The molecule has 0 unspecified atom stereocenters. The van der Waals surface area contributed by atoms with Crippen LogP contribution in [0, 0.1) is 5.82 Å². The Hall–Kier alpha value is -2.23. The van der Waals surface area contributed by atoms with E-state index in [9.17, 15) is 4.39 Å². The van der Waals surface area contributed by atoms with Crippen LogP contribution in [0.2, 0.25) is 0 Å². The van der Waals surface area contributed by atoms with Crippen LogP contribution in [0.25, 0.3) is 0 Å². The van der Waals surface area contributed by atoms with Crippen molar-refractivity contribution in [2.24, 2.45) is 4.99 Å². The van der Waals surface area contributed by atoms with Crippen LogP contribution >= 0.6 is 24.0 Å². The van der Waals surface area contributed by atoms with E-state index in [1.54, 1.807) is 33.4 Å². The molecule has 2 rings (SSSR count). The molecule has 0 fully saturated rings. The van der Waals surface area contributed by atoms with Crippen LogP contribution in [0.1, 0.15) is 31.9 Å². The Morgan fingerprint density at radius 3 is 2.23 bits per heavy atom. The molecule has 0 spiro atoms. The van der Waals surface area contributed by atoms with E-state index in [4.69, 9.17) is 14.2 Å². The number of nitrogens with one attached hydrogen (secondary N) is 2.